The highest BCUT2D eigenvalue weighted by molar-refractivity contribution is 8.02. The van der Waals surface area contributed by atoms with Crippen LogP contribution in [0.15, 0.2) is 41.3 Å². The average molecular weight is 348 g/mol. The van der Waals surface area contributed by atoms with Crippen molar-refractivity contribution in [3.8, 4) is 0 Å². The number of β-lactam (4-membered cyclic amide) rings is 1. The zero-order valence-corrected chi connectivity index (χ0v) is 13.4. The van der Waals surface area contributed by atoms with Crippen molar-refractivity contribution in [3.63, 3.8) is 0 Å². The molecule has 1 aromatic rings. The van der Waals surface area contributed by atoms with Gasteiger partial charge in [-0.05, 0) is 16.5 Å². The number of aliphatic hydroxyl groups is 1. The Morgan fingerprint density at radius 1 is 1.25 bits per heavy atom. The highest BCUT2D eigenvalue weighted by atomic mass is 32.2. The number of amides is 2. The fourth-order valence-corrected chi connectivity index (χ4v) is 4.06. The summed E-state index contributed by atoms with van der Waals surface area (Å²) in [4.78, 5) is 37.0. The Labute approximate surface area is 142 Å². The third-order valence-corrected chi connectivity index (χ3v) is 5.23. The molecule has 2 aliphatic rings. The van der Waals surface area contributed by atoms with Gasteiger partial charge in [0.2, 0.25) is 11.8 Å². The second kappa shape index (κ2) is 6.66. The fraction of sp³-hybridized carbons (Fsp3) is 0.312. The summed E-state index contributed by atoms with van der Waals surface area (Å²) in [6, 6.07) is 7.23. The number of nitrogens with one attached hydrogen (secondary N) is 1. The number of thioether (sulfide) groups is 1. The van der Waals surface area contributed by atoms with E-state index in [1.54, 1.807) is 5.41 Å². The summed E-state index contributed by atoms with van der Waals surface area (Å²) in [5.41, 5.74) is 1.10. The highest BCUT2D eigenvalue weighted by Gasteiger charge is 2.55. The Morgan fingerprint density at radius 3 is 2.58 bits per heavy atom. The molecule has 0 spiro atoms. The molecular weight excluding hydrogens is 332 g/mol. The molecule has 0 unspecified atom stereocenters. The van der Waals surface area contributed by atoms with Gasteiger partial charge >= 0.3 is 5.97 Å². The molecule has 0 radical (unpaired) electrons. The van der Waals surface area contributed by atoms with Crippen molar-refractivity contribution in [1.29, 1.82) is 0 Å². The summed E-state index contributed by atoms with van der Waals surface area (Å²) in [6.45, 7) is -0.425. The number of benzene rings is 1. The molecule has 0 aromatic heterocycles. The number of aliphatic carboxylic acids is 1. The van der Waals surface area contributed by atoms with E-state index in [1.807, 2.05) is 30.3 Å². The van der Waals surface area contributed by atoms with Gasteiger partial charge in [0.25, 0.3) is 0 Å². The van der Waals surface area contributed by atoms with Gasteiger partial charge in [0.1, 0.15) is 11.4 Å². The summed E-state index contributed by atoms with van der Waals surface area (Å²) in [5.74, 6) is -1.92. The maximum atomic E-state index is 12.3. The number of carbonyl (C=O) groups excluding carboxylic acids is 2. The van der Waals surface area contributed by atoms with Gasteiger partial charge in [0.15, 0.2) is 6.04 Å². The first-order valence-electron chi connectivity index (χ1n) is 7.36. The molecule has 7 nitrogen and oxygen atoms in total. The van der Waals surface area contributed by atoms with E-state index >= 15 is 0 Å². The van der Waals surface area contributed by atoms with Crippen molar-refractivity contribution in [2.75, 3.05) is 6.61 Å². The fourth-order valence-electron chi connectivity index (χ4n) is 2.85. The average Bonchev–Trinajstić information content (AvgIpc) is 2.58. The summed E-state index contributed by atoms with van der Waals surface area (Å²) >= 11 is 1.23. The molecule has 126 valence electrons. The van der Waals surface area contributed by atoms with Gasteiger partial charge in [-0.1, -0.05) is 30.3 Å². The monoisotopic (exact) mass is 348 g/mol. The second-order valence-corrected chi connectivity index (χ2v) is 6.56. The van der Waals surface area contributed by atoms with Crippen LogP contribution >= 0.6 is 11.8 Å². The Morgan fingerprint density at radius 2 is 1.96 bits per heavy atom. The summed E-state index contributed by atoms with van der Waals surface area (Å²) in [5, 5.41) is 22.3. The normalized spacial score (nSPS) is 25.4. The van der Waals surface area contributed by atoms with Crippen LogP contribution in [0.5, 0.6) is 0 Å². The minimum atomic E-state index is -1.19. The maximum absolute atomic E-state index is 12.3. The number of hydrogen-bond donors (Lipinski definition) is 3. The van der Waals surface area contributed by atoms with Crippen LogP contribution in [0.3, 0.4) is 0 Å². The molecule has 0 aliphatic carbocycles. The van der Waals surface area contributed by atoms with E-state index in [-0.39, 0.29) is 17.9 Å². The molecule has 2 aliphatic heterocycles. The van der Waals surface area contributed by atoms with Crippen molar-refractivity contribution < 1.29 is 24.6 Å². The van der Waals surface area contributed by atoms with Crippen LogP contribution in [0.25, 0.3) is 0 Å². The Balaban J connectivity index is 1.68. The van der Waals surface area contributed by atoms with E-state index in [0.29, 0.717) is 0 Å². The zero-order chi connectivity index (χ0) is 17.3. The first-order chi connectivity index (χ1) is 11.5. The number of carbonyl (C=O) groups is 3. The highest BCUT2D eigenvalue weighted by Crippen LogP contribution is 2.39. The van der Waals surface area contributed by atoms with E-state index in [2.05, 4.69) is 5.32 Å². The molecule has 3 atom stereocenters. The van der Waals surface area contributed by atoms with Crippen LogP contribution in [-0.2, 0) is 20.8 Å². The Hall–Kier alpha value is -2.32. The quantitative estimate of drug-likeness (QED) is 0.645. The topological polar surface area (TPSA) is 107 Å². The van der Waals surface area contributed by atoms with Crippen LogP contribution in [0.1, 0.15) is 5.56 Å². The van der Waals surface area contributed by atoms with Crippen molar-refractivity contribution in [2.24, 2.45) is 0 Å². The molecule has 1 saturated heterocycles. The summed E-state index contributed by atoms with van der Waals surface area (Å²) < 4.78 is 0. The molecule has 0 saturated carbocycles. The van der Waals surface area contributed by atoms with Crippen molar-refractivity contribution in [3.05, 3.63) is 46.9 Å². The predicted octanol–water partition coefficient (Wildman–Crippen LogP) is -0.0416. The lowest BCUT2D eigenvalue weighted by Gasteiger charge is -2.51. The first kappa shape index (κ1) is 16.5. The number of rotatable bonds is 5. The van der Waals surface area contributed by atoms with Gasteiger partial charge in [-0.25, -0.2) is 4.79 Å². The molecule has 1 fully saturated rings. The standard InChI is InChI=1S/C16H16N2O5S/c19-7-10-8-24-15-12(14(21)18(15)13(10)16(22)23)17-11(20)6-9-4-2-1-3-5-9/h1-5,8,12-13,15,19H,6-7H2,(H,17,20)(H,22,23)/t12-,13-,15+/m1/s1. The van der Waals surface area contributed by atoms with Crippen LogP contribution in [0.4, 0.5) is 0 Å². The van der Waals surface area contributed by atoms with E-state index in [1.165, 1.54) is 16.7 Å². The van der Waals surface area contributed by atoms with Crippen molar-refractivity contribution >= 4 is 29.5 Å². The van der Waals surface area contributed by atoms with E-state index in [4.69, 9.17) is 0 Å². The number of fused-ring (bicyclic) bond motifs is 1. The Bertz CT molecular complexity index is 706. The third kappa shape index (κ3) is 2.90. The molecule has 2 heterocycles. The van der Waals surface area contributed by atoms with Crippen LogP contribution in [0.2, 0.25) is 0 Å². The smallest absolute Gasteiger partial charge is 0.330 e. The summed E-state index contributed by atoms with van der Waals surface area (Å²) in [7, 11) is 0. The first-order valence-corrected chi connectivity index (χ1v) is 8.30. The molecule has 3 rings (SSSR count). The Kier molecular flexibility index (Phi) is 4.59. The van der Waals surface area contributed by atoms with Gasteiger partial charge in [-0.15, -0.1) is 11.8 Å². The number of carboxylic acids is 1. The molecule has 1 aromatic carbocycles. The van der Waals surface area contributed by atoms with E-state index in [0.717, 1.165) is 5.56 Å². The van der Waals surface area contributed by atoms with Gasteiger partial charge in [0, 0.05) is 0 Å². The number of nitrogens with zero attached hydrogens (tertiary/aromatic N) is 1. The molecule has 3 N–H and O–H groups in total. The van der Waals surface area contributed by atoms with Gasteiger partial charge in [-0.2, -0.15) is 0 Å². The minimum absolute atomic E-state index is 0.155. The molecule has 24 heavy (non-hydrogen) atoms. The van der Waals surface area contributed by atoms with E-state index < -0.39 is 35.9 Å². The van der Waals surface area contributed by atoms with Crippen LogP contribution in [0, 0.1) is 0 Å². The van der Waals surface area contributed by atoms with Gasteiger partial charge in [0.05, 0.1) is 13.0 Å². The van der Waals surface area contributed by atoms with Crippen LogP contribution in [-0.4, -0.2) is 57.0 Å². The lowest BCUT2D eigenvalue weighted by molar-refractivity contribution is -0.160. The number of hydrogen-bond acceptors (Lipinski definition) is 5. The minimum Gasteiger partial charge on any atom is -0.479 e. The predicted molar refractivity (Wildman–Crippen MR) is 86.9 cm³/mol. The molecule has 0 bridgehead atoms. The largest absolute Gasteiger partial charge is 0.479 e. The molecule has 8 heteroatoms. The lowest BCUT2D eigenvalue weighted by Crippen LogP contribution is -2.74. The number of aliphatic hydroxyl groups excluding tert-OH is 1. The van der Waals surface area contributed by atoms with Crippen molar-refractivity contribution in [1.82, 2.24) is 10.2 Å². The van der Waals surface area contributed by atoms with Crippen LogP contribution < -0.4 is 5.32 Å². The summed E-state index contributed by atoms with van der Waals surface area (Å²) in [6.07, 6.45) is 0.155. The molecular formula is C16H16N2O5S. The SMILES string of the molecule is O=C(Cc1ccccc1)N[C@@H]1C(=O)N2[C@@H](C(=O)O)C(CO)=CS[C@@H]12. The van der Waals surface area contributed by atoms with E-state index in [9.17, 15) is 24.6 Å². The molecule has 2 amide bonds. The van der Waals surface area contributed by atoms with Gasteiger partial charge in [-0.3, -0.25) is 9.59 Å². The maximum Gasteiger partial charge on any atom is 0.330 e. The second-order valence-electron chi connectivity index (χ2n) is 5.57. The zero-order valence-electron chi connectivity index (χ0n) is 12.6. The van der Waals surface area contributed by atoms with Crippen molar-refractivity contribution in [2.45, 2.75) is 23.9 Å². The number of carboxylic acid groups (broad SMARTS) is 1. The van der Waals surface area contributed by atoms with Gasteiger partial charge < -0.3 is 20.4 Å². The third-order valence-electron chi connectivity index (χ3n) is 4.01. The lowest BCUT2D eigenvalue weighted by atomic mass is 9.98.